The maximum atomic E-state index is 12.2. The van der Waals surface area contributed by atoms with Crippen molar-refractivity contribution in [2.75, 3.05) is 5.88 Å². The maximum absolute atomic E-state index is 12.2. The molecule has 0 bridgehead atoms. The monoisotopic (exact) mass is 229 g/mol. The molecule has 15 heavy (non-hydrogen) atoms. The van der Waals surface area contributed by atoms with Gasteiger partial charge in [0.05, 0.1) is 5.54 Å². The predicted molar refractivity (Wildman–Crippen MR) is 62.0 cm³/mol. The summed E-state index contributed by atoms with van der Waals surface area (Å²) in [5.41, 5.74) is -0.182. The molecule has 1 N–H and O–H groups in total. The van der Waals surface area contributed by atoms with E-state index in [1.54, 1.807) is 0 Å². The van der Waals surface area contributed by atoms with Gasteiger partial charge in [0, 0.05) is 11.3 Å². The Hall–Kier alpha value is -0.240. The lowest BCUT2D eigenvalue weighted by Gasteiger charge is -2.43. The molecule has 0 spiro atoms. The van der Waals surface area contributed by atoms with E-state index in [2.05, 4.69) is 12.2 Å². The van der Waals surface area contributed by atoms with E-state index in [-0.39, 0.29) is 16.9 Å². The minimum absolute atomic E-state index is 0.0652. The molecule has 0 aromatic rings. The zero-order valence-corrected chi connectivity index (χ0v) is 10.2. The zero-order valence-electron chi connectivity index (χ0n) is 9.44. The van der Waals surface area contributed by atoms with Gasteiger partial charge >= 0.3 is 0 Å². The number of hydrogen-bond donors (Lipinski definition) is 1. The second-order valence-electron chi connectivity index (χ2n) is 5.49. The van der Waals surface area contributed by atoms with E-state index in [9.17, 15) is 4.79 Å². The Morgan fingerprint density at radius 2 is 1.80 bits per heavy atom. The van der Waals surface area contributed by atoms with Crippen molar-refractivity contribution in [1.29, 1.82) is 0 Å². The van der Waals surface area contributed by atoms with Crippen LogP contribution in [0.2, 0.25) is 0 Å². The summed E-state index contributed by atoms with van der Waals surface area (Å²) in [6.07, 6.45) is 7.77. The normalized spacial score (nSPS) is 27.1. The number of rotatable bonds is 3. The van der Waals surface area contributed by atoms with Crippen LogP contribution < -0.4 is 5.32 Å². The molecule has 2 rings (SSSR count). The fraction of sp³-hybridized carbons (Fsp3) is 0.917. The Bertz CT molecular complexity index is 249. The molecule has 2 aliphatic rings. The van der Waals surface area contributed by atoms with E-state index in [0.29, 0.717) is 5.88 Å². The van der Waals surface area contributed by atoms with Crippen LogP contribution in [-0.2, 0) is 4.79 Å². The predicted octanol–water partition coefficient (Wildman–Crippen LogP) is 2.84. The fourth-order valence-corrected chi connectivity index (χ4v) is 3.00. The van der Waals surface area contributed by atoms with Crippen LogP contribution in [0.25, 0.3) is 0 Å². The van der Waals surface area contributed by atoms with Crippen molar-refractivity contribution in [1.82, 2.24) is 5.32 Å². The highest BCUT2D eigenvalue weighted by Crippen LogP contribution is 2.40. The van der Waals surface area contributed by atoms with Crippen LogP contribution >= 0.6 is 11.6 Å². The SMILES string of the molecule is CC1(C(=O)NC2(CCl)CCC2)CCCC1. The van der Waals surface area contributed by atoms with Crippen LogP contribution in [-0.4, -0.2) is 17.3 Å². The van der Waals surface area contributed by atoms with Gasteiger partial charge in [-0.15, -0.1) is 11.6 Å². The molecule has 1 amide bonds. The minimum atomic E-state index is -0.116. The van der Waals surface area contributed by atoms with Gasteiger partial charge in [-0.25, -0.2) is 0 Å². The van der Waals surface area contributed by atoms with E-state index >= 15 is 0 Å². The number of hydrogen-bond acceptors (Lipinski definition) is 1. The van der Waals surface area contributed by atoms with Crippen LogP contribution in [0.1, 0.15) is 51.9 Å². The van der Waals surface area contributed by atoms with Crippen molar-refractivity contribution < 1.29 is 4.79 Å². The highest BCUT2D eigenvalue weighted by Gasteiger charge is 2.43. The van der Waals surface area contributed by atoms with E-state index in [1.165, 1.54) is 19.3 Å². The smallest absolute Gasteiger partial charge is 0.226 e. The van der Waals surface area contributed by atoms with Gasteiger partial charge in [0.25, 0.3) is 0 Å². The Morgan fingerprint density at radius 3 is 2.20 bits per heavy atom. The van der Waals surface area contributed by atoms with Gasteiger partial charge in [-0.1, -0.05) is 19.8 Å². The Morgan fingerprint density at radius 1 is 1.20 bits per heavy atom. The summed E-state index contributed by atoms with van der Waals surface area (Å²) >= 11 is 5.94. The molecule has 0 aliphatic heterocycles. The third kappa shape index (κ3) is 2.01. The van der Waals surface area contributed by atoms with Crippen LogP contribution in [0.4, 0.5) is 0 Å². The van der Waals surface area contributed by atoms with Gasteiger partial charge < -0.3 is 5.32 Å². The minimum Gasteiger partial charge on any atom is -0.349 e. The van der Waals surface area contributed by atoms with Crippen LogP contribution in [0.15, 0.2) is 0 Å². The molecule has 0 unspecified atom stereocenters. The summed E-state index contributed by atoms with van der Waals surface area (Å²) in [7, 11) is 0. The van der Waals surface area contributed by atoms with Gasteiger partial charge in [0.15, 0.2) is 0 Å². The van der Waals surface area contributed by atoms with Crippen LogP contribution in [0, 0.1) is 5.41 Å². The molecule has 2 fully saturated rings. The Kier molecular flexibility index (Phi) is 2.98. The lowest BCUT2D eigenvalue weighted by Crippen LogP contribution is -2.57. The van der Waals surface area contributed by atoms with Crippen molar-refractivity contribution in [2.45, 2.75) is 57.4 Å². The van der Waals surface area contributed by atoms with E-state index < -0.39 is 0 Å². The Labute approximate surface area is 96.8 Å². The number of carbonyl (C=O) groups is 1. The summed E-state index contributed by atoms with van der Waals surface area (Å²) in [4.78, 5) is 12.2. The quantitative estimate of drug-likeness (QED) is 0.741. The van der Waals surface area contributed by atoms with Crippen LogP contribution in [0.5, 0.6) is 0 Å². The first-order chi connectivity index (χ1) is 7.10. The first-order valence-corrected chi connectivity index (χ1v) is 6.52. The molecule has 0 aromatic heterocycles. The third-order valence-electron chi connectivity index (χ3n) is 4.20. The molecule has 0 radical (unpaired) electrons. The highest BCUT2D eigenvalue weighted by molar-refractivity contribution is 6.18. The van der Waals surface area contributed by atoms with Crippen molar-refractivity contribution >= 4 is 17.5 Å². The summed E-state index contributed by atoms with van der Waals surface area (Å²) in [6, 6.07) is 0. The molecule has 2 aliphatic carbocycles. The average Bonchev–Trinajstić information content (AvgIpc) is 2.60. The Balaban J connectivity index is 1.96. The van der Waals surface area contributed by atoms with Crippen LogP contribution in [0.3, 0.4) is 0 Å². The van der Waals surface area contributed by atoms with E-state index in [1.807, 2.05) is 0 Å². The van der Waals surface area contributed by atoms with Gasteiger partial charge in [-0.2, -0.15) is 0 Å². The van der Waals surface area contributed by atoms with Crippen molar-refractivity contribution in [3.8, 4) is 0 Å². The number of amides is 1. The molecule has 0 saturated heterocycles. The first kappa shape index (κ1) is 11.3. The summed E-state index contributed by atoms with van der Waals surface area (Å²) in [5, 5.41) is 3.19. The number of nitrogens with one attached hydrogen (secondary N) is 1. The lowest BCUT2D eigenvalue weighted by molar-refractivity contribution is -0.132. The van der Waals surface area contributed by atoms with Crippen molar-refractivity contribution in [2.24, 2.45) is 5.41 Å². The van der Waals surface area contributed by atoms with Gasteiger partial charge in [0.2, 0.25) is 5.91 Å². The summed E-state index contributed by atoms with van der Waals surface area (Å²) in [5.74, 6) is 0.801. The lowest BCUT2D eigenvalue weighted by atomic mass is 9.76. The molecule has 86 valence electrons. The van der Waals surface area contributed by atoms with E-state index in [0.717, 1.165) is 25.7 Å². The largest absolute Gasteiger partial charge is 0.349 e. The zero-order chi connectivity index (χ0) is 10.9. The molecule has 0 atom stereocenters. The van der Waals surface area contributed by atoms with Crippen molar-refractivity contribution in [3.63, 3.8) is 0 Å². The second kappa shape index (κ2) is 3.97. The molecule has 0 heterocycles. The number of alkyl halides is 1. The molecule has 3 heteroatoms. The maximum Gasteiger partial charge on any atom is 0.226 e. The molecule has 0 aromatic carbocycles. The summed E-state index contributed by atoms with van der Waals surface area (Å²) in [6.45, 7) is 2.09. The molecular weight excluding hydrogens is 210 g/mol. The molecular formula is C12H20ClNO. The topological polar surface area (TPSA) is 29.1 Å². The van der Waals surface area contributed by atoms with Gasteiger partial charge in [0.1, 0.15) is 0 Å². The molecule has 2 saturated carbocycles. The number of halogens is 1. The van der Waals surface area contributed by atoms with Gasteiger partial charge in [-0.05, 0) is 32.1 Å². The first-order valence-electron chi connectivity index (χ1n) is 5.99. The standard InChI is InChI=1S/C12H20ClNO/c1-11(5-2-3-6-11)10(15)14-12(9-13)7-4-8-12/h2-9H2,1H3,(H,14,15). The fourth-order valence-electron chi connectivity index (χ4n) is 2.67. The van der Waals surface area contributed by atoms with Gasteiger partial charge in [-0.3, -0.25) is 4.79 Å². The molecule has 2 nitrogen and oxygen atoms in total. The average molecular weight is 230 g/mol. The van der Waals surface area contributed by atoms with Crippen molar-refractivity contribution in [3.05, 3.63) is 0 Å². The summed E-state index contributed by atoms with van der Waals surface area (Å²) < 4.78 is 0. The highest BCUT2D eigenvalue weighted by atomic mass is 35.5. The third-order valence-corrected chi connectivity index (χ3v) is 4.71. The van der Waals surface area contributed by atoms with E-state index in [4.69, 9.17) is 11.6 Å². The second-order valence-corrected chi connectivity index (χ2v) is 5.76. The number of carbonyl (C=O) groups excluding carboxylic acids is 1.